The minimum absolute atomic E-state index is 0.232. The normalized spacial score (nSPS) is 21.3. The highest BCUT2D eigenvalue weighted by atomic mass is 16.7. The molecule has 1 N–H and O–H groups in total. The predicted molar refractivity (Wildman–Crippen MR) is 46.6 cm³/mol. The Kier molecular flexibility index (Phi) is 1.32. The summed E-state index contributed by atoms with van der Waals surface area (Å²) in [5.41, 5.74) is 1.92. The van der Waals surface area contributed by atoms with E-state index in [9.17, 15) is 4.79 Å². The molecule has 0 radical (unpaired) electrons. The smallest absolute Gasteiger partial charge is 0.311 e. The second kappa shape index (κ2) is 2.41. The Hall–Kier alpha value is -1.71. The molecule has 3 rings (SSSR count). The Morgan fingerprint density at radius 3 is 2.79 bits per heavy atom. The molecule has 1 heterocycles. The van der Waals surface area contributed by atoms with Gasteiger partial charge in [0.25, 0.3) is 0 Å². The van der Waals surface area contributed by atoms with Crippen LogP contribution in [0.5, 0.6) is 11.5 Å². The topological polar surface area (TPSA) is 55.8 Å². The fourth-order valence-corrected chi connectivity index (χ4v) is 1.92. The molecule has 1 aliphatic carbocycles. The Morgan fingerprint density at radius 2 is 2.07 bits per heavy atom. The average molecular weight is 192 g/mol. The van der Waals surface area contributed by atoms with Crippen LogP contribution in [-0.4, -0.2) is 17.9 Å². The minimum atomic E-state index is -0.767. The van der Waals surface area contributed by atoms with Gasteiger partial charge in [-0.1, -0.05) is 0 Å². The Bertz CT molecular complexity index is 424. The molecule has 0 bridgehead atoms. The van der Waals surface area contributed by atoms with Crippen LogP contribution in [0.15, 0.2) is 12.1 Å². The van der Waals surface area contributed by atoms with Gasteiger partial charge in [-0.15, -0.1) is 0 Å². The number of aliphatic carboxylic acids is 1. The zero-order valence-electron chi connectivity index (χ0n) is 7.32. The van der Waals surface area contributed by atoms with Crippen LogP contribution in [0.3, 0.4) is 0 Å². The van der Waals surface area contributed by atoms with Crippen LogP contribution in [-0.2, 0) is 11.2 Å². The van der Waals surface area contributed by atoms with E-state index in [1.165, 1.54) is 0 Å². The van der Waals surface area contributed by atoms with E-state index in [0.29, 0.717) is 12.2 Å². The summed E-state index contributed by atoms with van der Waals surface area (Å²) in [5.74, 6) is 0.262. The van der Waals surface area contributed by atoms with E-state index >= 15 is 0 Å². The molecular formula is C10H8O4. The molecule has 1 aliphatic heterocycles. The minimum Gasteiger partial charge on any atom is -0.481 e. The quantitative estimate of drug-likeness (QED) is 0.724. The number of hydrogen-bond acceptors (Lipinski definition) is 3. The van der Waals surface area contributed by atoms with E-state index in [-0.39, 0.29) is 12.7 Å². The van der Waals surface area contributed by atoms with Crippen molar-refractivity contribution in [1.29, 1.82) is 0 Å². The van der Waals surface area contributed by atoms with Crippen molar-refractivity contribution in [3.63, 3.8) is 0 Å². The second-order valence-corrected chi connectivity index (χ2v) is 3.50. The molecule has 72 valence electrons. The van der Waals surface area contributed by atoms with Gasteiger partial charge >= 0.3 is 5.97 Å². The van der Waals surface area contributed by atoms with Crippen molar-refractivity contribution < 1.29 is 19.4 Å². The lowest BCUT2D eigenvalue weighted by Crippen LogP contribution is -2.24. The molecule has 0 amide bonds. The number of fused-ring (bicyclic) bond motifs is 2. The van der Waals surface area contributed by atoms with Crippen molar-refractivity contribution in [1.82, 2.24) is 0 Å². The fourth-order valence-electron chi connectivity index (χ4n) is 1.92. The maximum Gasteiger partial charge on any atom is 0.311 e. The van der Waals surface area contributed by atoms with Gasteiger partial charge in [-0.2, -0.15) is 0 Å². The molecule has 14 heavy (non-hydrogen) atoms. The highest BCUT2D eigenvalue weighted by molar-refractivity contribution is 5.81. The second-order valence-electron chi connectivity index (χ2n) is 3.50. The summed E-state index contributed by atoms with van der Waals surface area (Å²) in [7, 11) is 0. The van der Waals surface area contributed by atoms with Gasteiger partial charge in [-0.25, -0.2) is 0 Å². The molecule has 0 aromatic heterocycles. The first-order chi connectivity index (χ1) is 6.75. The van der Waals surface area contributed by atoms with Crippen molar-refractivity contribution in [2.75, 3.05) is 6.79 Å². The van der Waals surface area contributed by atoms with Crippen LogP contribution in [0, 0.1) is 0 Å². The number of benzene rings is 1. The van der Waals surface area contributed by atoms with Gasteiger partial charge in [0.2, 0.25) is 6.79 Å². The van der Waals surface area contributed by atoms with Crippen LogP contribution in [0.1, 0.15) is 17.0 Å². The number of carbonyl (C=O) groups is 1. The number of ether oxygens (including phenoxy) is 2. The third kappa shape index (κ3) is 0.852. The third-order valence-electron chi connectivity index (χ3n) is 2.73. The van der Waals surface area contributed by atoms with Gasteiger partial charge in [0, 0.05) is 0 Å². The first-order valence-electron chi connectivity index (χ1n) is 4.41. The summed E-state index contributed by atoms with van der Waals surface area (Å²) in [4.78, 5) is 10.8. The molecule has 2 aliphatic rings. The van der Waals surface area contributed by atoms with E-state index in [1.54, 1.807) is 6.07 Å². The number of rotatable bonds is 1. The van der Waals surface area contributed by atoms with Crippen LogP contribution in [0.25, 0.3) is 0 Å². The first-order valence-corrected chi connectivity index (χ1v) is 4.41. The number of carboxylic acids is 1. The monoisotopic (exact) mass is 192 g/mol. The first kappa shape index (κ1) is 7.67. The zero-order chi connectivity index (χ0) is 9.71. The summed E-state index contributed by atoms with van der Waals surface area (Å²) in [6, 6.07) is 3.65. The van der Waals surface area contributed by atoms with Crippen molar-refractivity contribution in [2.45, 2.75) is 12.3 Å². The van der Waals surface area contributed by atoms with E-state index in [0.717, 1.165) is 16.9 Å². The van der Waals surface area contributed by atoms with E-state index in [2.05, 4.69) is 0 Å². The molecule has 1 aromatic carbocycles. The van der Waals surface area contributed by atoms with Gasteiger partial charge in [-0.3, -0.25) is 4.79 Å². The van der Waals surface area contributed by atoms with Crippen LogP contribution >= 0.6 is 0 Å². The Balaban J connectivity index is 2.06. The lowest BCUT2D eigenvalue weighted by molar-refractivity contribution is -0.139. The summed E-state index contributed by atoms with van der Waals surface area (Å²) in [6.07, 6.45) is 0.599. The molecule has 4 heteroatoms. The molecule has 0 spiro atoms. The lowest BCUT2D eigenvalue weighted by Gasteiger charge is -2.26. The highest BCUT2D eigenvalue weighted by Gasteiger charge is 2.34. The van der Waals surface area contributed by atoms with E-state index < -0.39 is 5.97 Å². The Labute approximate surface area is 80.1 Å². The number of hydrogen-bond donors (Lipinski definition) is 1. The molecule has 0 saturated carbocycles. The fraction of sp³-hybridized carbons (Fsp3) is 0.300. The van der Waals surface area contributed by atoms with Crippen molar-refractivity contribution in [2.24, 2.45) is 0 Å². The van der Waals surface area contributed by atoms with Crippen LogP contribution in [0.4, 0.5) is 0 Å². The largest absolute Gasteiger partial charge is 0.481 e. The van der Waals surface area contributed by atoms with Gasteiger partial charge in [0.1, 0.15) is 0 Å². The van der Waals surface area contributed by atoms with Gasteiger partial charge in [-0.05, 0) is 29.7 Å². The summed E-state index contributed by atoms with van der Waals surface area (Å²) >= 11 is 0. The Morgan fingerprint density at radius 1 is 1.36 bits per heavy atom. The maximum absolute atomic E-state index is 10.8. The van der Waals surface area contributed by atoms with Gasteiger partial charge in [0.15, 0.2) is 11.5 Å². The van der Waals surface area contributed by atoms with Gasteiger partial charge in [0.05, 0.1) is 5.92 Å². The molecule has 1 atom stereocenters. The van der Waals surface area contributed by atoms with Crippen molar-refractivity contribution >= 4 is 5.97 Å². The zero-order valence-corrected chi connectivity index (χ0v) is 7.32. The summed E-state index contributed by atoms with van der Waals surface area (Å²) in [5, 5.41) is 8.86. The van der Waals surface area contributed by atoms with E-state index in [4.69, 9.17) is 14.6 Å². The average Bonchev–Trinajstić information content (AvgIpc) is 2.54. The summed E-state index contributed by atoms with van der Waals surface area (Å²) in [6.45, 7) is 0.232. The van der Waals surface area contributed by atoms with Gasteiger partial charge < -0.3 is 14.6 Å². The van der Waals surface area contributed by atoms with Crippen LogP contribution in [0.2, 0.25) is 0 Å². The maximum atomic E-state index is 10.8. The summed E-state index contributed by atoms with van der Waals surface area (Å²) < 4.78 is 10.4. The third-order valence-corrected chi connectivity index (χ3v) is 2.73. The number of carboxylic acid groups (broad SMARTS) is 1. The van der Waals surface area contributed by atoms with Crippen LogP contribution < -0.4 is 9.47 Å². The SMILES string of the molecule is O=C(O)[C@H]1Cc2cc3c(cc21)OCO3. The highest BCUT2D eigenvalue weighted by Crippen LogP contribution is 2.44. The molecular weight excluding hydrogens is 184 g/mol. The standard InChI is InChI=1S/C10H8O4/c11-10(12)7-1-5-2-8-9(3-6(5)7)14-4-13-8/h2-3,7H,1,4H2,(H,11,12)/t7-/m0/s1. The van der Waals surface area contributed by atoms with E-state index in [1.807, 2.05) is 6.07 Å². The van der Waals surface area contributed by atoms with Crippen molar-refractivity contribution in [3.8, 4) is 11.5 Å². The molecule has 0 fully saturated rings. The molecule has 0 unspecified atom stereocenters. The lowest BCUT2D eigenvalue weighted by atomic mass is 9.77. The molecule has 4 nitrogen and oxygen atoms in total. The molecule has 1 aromatic rings. The predicted octanol–water partition coefficient (Wildman–Crippen LogP) is 1.14. The van der Waals surface area contributed by atoms with Crippen molar-refractivity contribution in [3.05, 3.63) is 23.3 Å². The molecule has 0 saturated heterocycles.